The molecule has 4 rings (SSSR count). The molecule has 0 saturated carbocycles. The zero-order valence-electron chi connectivity index (χ0n) is 18.1. The number of hydrogen-bond acceptors (Lipinski definition) is 6. The molecular weight excluding hydrogens is 420 g/mol. The van der Waals surface area contributed by atoms with Gasteiger partial charge in [0.15, 0.2) is 5.69 Å². The van der Waals surface area contributed by atoms with Gasteiger partial charge in [-0.15, -0.1) is 5.10 Å². The Kier molecular flexibility index (Phi) is 6.60. The summed E-state index contributed by atoms with van der Waals surface area (Å²) in [5.74, 6) is 5.26. The summed E-state index contributed by atoms with van der Waals surface area (Å²) < 4.78 is 4.99. The Bertz CT molecular complexity index is 1220. The molecular formula is C25H22N4O4. The Balaban J connectivity index is 1.28. The Morgan fingerprint density at radius 1 is 1.00 bits per heavy atom. The number of carbonyl (C=O) groups is 3. The minimum Gasteiger partial charge on any atom is -0.461 e. The first-order chi connectivity index (χ1) is 16.1. The summed E-state index contributed by atoms with van der Waals surface area (Å²) in [5.41, 5.74) is 3.10. The average molecular weight is 442 g/mol. The molecule has 0 fully saturated rings. The van der Waals surface area contributed by atoms with E-state index in [1.54, 1.807) is 31.2 Å². The largest absolute Gasteiger partial charge is 0.461 e. The van der Waals surface area contributed by atoms with E-state index >= 15 is 0 Å². The maximum absolute atomic E-state index is 12.4. The molecule has 0 bridgehead atoms. The Hall–Kier alpha value is -4.25. The number of nitrogens with one attached hydrogen (secondary N) is 1. The molecule has 33 heavy (non-hydrogen) atoms. The summed E-state index contributed by atoms with van der Waals surface area (Å²) >= 11 is 0. The molecule has 8 heteroatoms. The van der Waals surface area contributed by atoms with Crippen LogP contribution in [0.3, 0.4) is 0 Å². The lowest BCUT2D eigenvalue weighted by Crippen LogP contribution is -2.30. The summed E-state index contributed by atoms with van der Waals surface area (Å²) in [5, 5.41) is 10.4. The van der Waals surface area contributed by atoms with Gasteiger partial charge in [0.25, 0.3) is 11.8 Å². The number of aromatic nitrogens is 3. The van der Waals surface area contributed by atoms with Crippen molar-refractivity contribution in [2.24, 2.45) is 0 Å². The molecule has 0 unspecified atom stereocenters. The molecule has 2 amide bonds. The first kappa shape index (κ1) is 22.0. The van der Waals surface area contributed by atoms with Crippen molar-refractivity contribution in [2.45, 2.75) is 26.2 Å². The normalized spacial score (nSPS) is 12.3. The van der Waals surface area contributed by atoms with Crippen molar-refractivity contribution < 1.29 is 19.1 Å². The van der Waals surface area contributed by atoms with E-state index in [0.29, 0.717) is 36.2 Å². The molecule has 3 aromatic rings. The molecule has 1 aliphatic heterocycles. The van der Waals surface area contributed by atoms with Crippen molar-refractivity contribution in [3.8, 4) is 23.1 Å². The second-order valence-electron chi connectivity index (χ2n) is 7.39. The van der Waals surface area contributed by atoms with E-state index in [4.69, 9.17) is 4.74 Å². The number of nitrogens with zero attached hydrogens (tertiary/aromatic N) is 3. The third kappa shape index (κ3) is 4.67. The van der Waals surface area contributed by atoms with Gasteiger partial charge in [0.05, 0.1) is 17.7 Å². The van der Waals surface area contributed by atoms with Gasteiger partial charge in [-0.3, -0.25) is 14.5 Å². The van der Waals surface area contributed by atoms with Crippen LogP contribution in [0.15, 0.2) is 48.5 Å². The van der Waals surface area contributed by atoms with Crippen molar-refractivity contribution in [1.29, 1.82) is 0 Å². The molecule has 166 valence electrons. The van der Waals surface area contributed by atoms with Crippen LogP contribution in [-0.4, -0.2) is 51.2 Å². The summed E-state index contributed by atoms with van der Waals surface area (Å²) in [6, 6.07) is 14.3. The molecule has 1 aliphatic rings. The van der Waals surface area contributed by atoms with Gasteiger partial charge < -0.3 is 4.74 Å². The number of carbonyl (C=O) groups excluding carboxylic acids is 3. The van der Waals surface area contributed by atoms with Crippen LogP contribution < -0.4 is 0 Å². The molecule has 0 spiro atoms. The molecule has 0 saturated heterocycles. The van der Waals surface area contributed by atoms with Crippen LogP contribution in [0.25, 0.3) is 11.3 Å². The summed E-state index contributed by atoms with van der Waals surface area (Å²) in [6.45, 7) is 2.39. The first-order valence-corrected chi connectivity index (χ1v) is 10.7. The highest BCUT2D eigenvalue weighted by Crippen LogP contribution is 2.23. The molecule has 8 nitrogen and oxygen atoms in total. The van der Waals surface area contributed by atoms with Gasteiger partial charge in [0.1, 0.15) is 5.69 Å². The summed E-state index contributed by atoms with van der Waals surface area (Å²) in [4.78, 5) is 38.0. The van der Waals surface area contributed by atoms with Crippen molar-refractivity contribution in [2.75, 3.05) is 13.2 Å². The van der Waals surface area contributed by atoms with E-state index in [-0.39, 0.29) is 24.1 Å². The fraction of sp³-hybridized carbons (Fsp3) is 0.240. The molecule has 0 aliphatic carbocycles. The van der Waals surface area contributed by atoms with Gasteiger partial charge in [-0.2, -0.15) is 10.3 Å². The van der Waals surface area contributed by atoms with E-state index < -0.39 is 5.97 Å². The van der Waals surface area contributed by atoms with E-state index in [9.17, 15) is 14.4 Å². The smallest absolute Gasteiger partial charge is 0.361 e. The number of hydrogen-bond donors (Lipinski definition) is 1. The Morgan fingerprint density at radius 3 is 2.36 bits per heavy atom. The number of fused-ring (bicyclic) bond motifs is 1. The average Bonchev–Trinajstić information content (AvgIpc) is 3.41. The quantitative estimate of drug-likeness (QED) is 0.260. The third-order valence-corrected chi connectivity index (χ3v) is 5.22. The van der Waals surface area contributed by atoms with Crippen LogP contribution in [0.2, 0.25) is 0 Å². The topological polar surface area (TPSA) is 105 Å². The highest BCUT2D eigenvalue weighted by atomic mass is 16.5. The van der Waals surface area contributed by atoms with Gasteiger partial charge in [-0.25, -0.2) is 4.79 Å². The van der Waals surface area contributed by atoms with E-state index in [1.165, 1.54) is 4.90 Å². The van der Waals surface area contributed by atoms with E-state index in [2.05, 4.69) is 27.3 Å². The number of aromatic amines is 1. The standard InChI is InChI=1S/C25H22N4O4/c1-2-33-25(32)22-21(26-28-27-22)18-14-12-17(13-15-18)9-5-3-4-8-16-29-23(30)19-10-6-7-11-20(19)24(29)31/h6-7,10-15H,2-4,8,16H2,1H3,(H,26,27,28). The Labute approximate surface area is 190 Å². The van der Waals surface area contributed by atoms with E-state index in [0.717, 1.165) is 17.5 Å². The molecule has 1 N–H and O–H groups in total. The van der Waals surface area contributed by atoms with Crippen LogP contribution in [0.5, 0.6) is 0 Å². The number of ether oxygens (including phenoxy) is 1. The highest BCUT2D eigenvalue weighted by Gasteiger charge is 2.34. The van der Waals surface area contributed by atoms with Crippen LogP contribution in [0, 0.1) is 11.8 Å². The zero-order valence-corrected chi connectivity index (χ0v) is 18.1. The first-order valence-electron chi connectivity index (χ1n) is 10.7. The van der Waals surface area contributed by atoms with Gasteiger partial charge in [-0.05, 0) is 44.0 Å². The van der Waals surface area contributed by atoms with Gasteiger partial charge in [0, 0.05) is 24.1 Å². The molecule has 0 atom stereocenters. The monoisotopic (exact) mass is 442 g/mol. The number of rotatable bonds is 7. The predicted molar refractivity (Wildman–Crippen MR) is 120 cm³/mol. The SMILES string of the molecule is CCOC(=O)c1n[nH]nc1-c1ccc(C#CCCCCN2C(=O)c3ccccc3C2=O)cc1. The Morgan fingerprint density at radius 2 is 1.70 bits per heavy atom. The summed E-state index contributed by atoms with van der Waals surface area (Å²) in [7, 11) is 0. The molecule has 1 aromatic heterocycles. The van der Waals surface area contributed by atoms with Crippen LogP contribution in [-0.2, 0) is 4.74 Å². The van der Waals surface area contributed by atoms with Crippen molar-refractivity contribution in [3.05, 3.63) is 70.9 Å². The van der Waals surface area contributed by atoms with Crippen LogP contribution in [0.1, 0.15) is 63.0 Å². The zero-order chi connectivity index (χ0) is 23.2. The lowest BCUT2D eigenvalue weighted by molar-refractivity contribution is 0.0519. The number of esters is 1. The number of imide groups is 1. The predicted octanol–water partition coefficient (Wildman–Crippen LogP) is 3.47. The van der Waals surface area contributed by atoms with Gasteiger partial charge in [0.2, 0.25) is 0 Å². The number of benzene rings is 2. The minimum atomic E-state index is -0.522. The maximum Gasteiger partial charge on any atom is 0.361 e. The van der Waals surface area contributed by atoms with Crippen molar-refractivity contribution in [3.63, 3.8) is 0 Å². The second kappa shape index (κ2) is 9.92. The molecule has 2 aromatic carbocycles. The van der Waals surface area contributed by atoms with Crippen LogP contribution in [0.4, 0.5) is 0 Å². The number of unbranched alkanes of at least 4 members (excludes halogenated alkanes) is 2. The van der Waals surface area contributed by atoms with Crippen molar-refractivity contribution >= 4 is 17.8 Å². The van der Waals surface area contributed by atoms with E-state index in [1.807, 2.05) is 24.3 Å². The third-order valence-electron chi connectivity index (χ3n) is 5.22. The lowest BCUT2D eigenvalue weighted by Gasteiger charge is -2.12. The minimum absolute atomic E-state index is 0.147. The summed E-state index contributed by atoms with van der Waals surface area (Å²) in [6.07, 6.45) is 2.13. The number of H-pyrrole nitrogens is 1. The maximum atomic E-state index is 12.4. The molecule has 2 heterocycles. The fourth-order valence-corrected chi connectivity index (χ4v) is 3.58. The van der Waals surface area contributed by atoms with Crippen molar-refractivity contribution in [1.82, 2.24) is 20.3 Å². The van der Waals surface area contributed by atoms with Gasteiger partial charge >= 0.3 is 5.97 Å². The fourth-order valence-electron chi connectivity index (χ4n) is 3.58. The highest BCUT2D eigenvalue weighted by molar-refractivity contribution is 6.21. The lowest BCUT2D eigenvalue weighted by atomic mass is 10.1. The second-order valence-corrected chi connectivity index (χ2v) is 7.39. The van der Waals surface area contributed by atoms with Crippen LogP contribution >= 0.6 is 0 Å². The van der Waals surface area contributed by atoms with Gasteiger partial charge in [-0.1, -0.05) is 36.1 Å². The number of amides is 2. The molecule has 0 radical (unpaired) electrons.